The van der Waals surface area contributed by atoms with E-state index in [0.717, 1.165) is 41.0 Å². The highest BCUT2D eigenvalue weighted by Crippen LogP contribution is 2.33. The largest absolute Gasteiger partial charge is 0.465 e. The second kappa shape index (κ2) is 10.3. The number of H-pyrrole nitrogens is 1. The van der Waals surface area contributed by atoms with Crippen molar-refractivity contribution in [3.05, 3.63) is 72.8 Å². The van der Waals surface area contributed by atoms with Gasteiger partial charge in [0, 0.05) is 12.1 Å². The van der Waals surface area contributed by atoms with Crippen molar-refractivity contribution < 1.29 is 14.7 Å². The molecule has 190 valence electrons. The van der Waals surface area contributed by atoms with Crippen LogP contribution in [0.3, 0.4) is 0 Å². The minimum absolute atomic E-state index is 0.163. The quantitative estimate of drug-likeness (QED) is 0.348. The number of hydrogen-bond donors (Lipinski definition) is 3. The molecule has 0 radical (unpaired) electrons. The van der Waals surface area contributed by atoms with Gasteiger partial charge in [-0.3, -0.25) is 4.79 Å². The Bertz CT molecular complexity index is 1380. The monoisotopic (exact) mass is 499 g/mol. The molecule has 10 nitrogen and oxygen atoms in total. The standard InChI is InChI=1S/C27H29N7O3/c1-17(2)24(30-27(36)37)26(35)33-14-6-9-23(33)25-28-15-21(29-25)19-10-12-20(13-11-19)34-16-22(31-32-34)18-7-4-3-5-8-18/h3-5,7-8,10-13,15-17,23-24,30H,6,9,14H2,1-2H3,(H,28,29)(H,36,37). The van der Waals surface area contributed by atoms with Gasteiger partial charge in [-0.2, -0.15) is 0 Å². The maximum atomic E-state index is 13.2. The van der Waals surface area contributed by atoms with Crippen LogP contribution in [0.2, 0.25) is 0 Å². The zero-order valence-electron chi connectivity index (χ0n) is 20.7. The van der Waals surface area contributed by atoms with E-state index in [0.29, 0.717) is 12.4 Å². The van der Waals surface area contributed by atoms with Crippen LogP contribution in [0.15, 0.2) is 67.0 Å². The molecule has 1 aliphatic rings. The normalized spacial score (nSPS) is 16.2. The van der Waals surface area contributed by atoms with Gasteiger partial charge < -0.3 is 20.3 Å². The topological polar surface area (TPSA) is 129 Å². The first-order valence-corrected chi connectivity index (χ1v) is 12.3. The number of carbonyl (C=O) groups is 2. The third-order valence-electron chi connectivity index (χ3n) is 6.66. The molecule has 4 aromatic rings. The van der Waals surface area contributed by atoms with Crippen LogP contribution in [0.4, 0.5) is 4.79 Å². The van der Waals surface area contributed by atoms with Crippen molar-refractivity contribution in [3.8, 4) is 28.2 Å². The minimum atomic E-state index is -1.20. The number of imidazole rings is 1. The number of carboxylic acid groups (broad SMARTS) is 1. The van der Waals surface area contributed by atoms with E-state index in [2.05, 4.69) is 25.6 Å². The van der Waals surface area contributed by atoms with Gasteiger partial charge in [0.2, 0.25) is 5.91 Å². The van der Waals surface area contributed by atoms with E-state index in [1.807, 2.05) is 74.6 Å². The summed E-state index contributed by atoms with van der Waals surface area (Å²) in [4.78, 5) is 34.1. The number of nitrogens with one attached hydrogen (secondary N) is 2. The number of aromatic amines is 1. The van der Waals surface area contributed by atoms with Crippen LogP contribution in [0.1, 0.15) is 38.6 Å². The number of rotatable bonds is 7. The highest BCUT2D eigenvalue weighted by atomic mass is 16.4. The van der Waals surface area contributed by atoms with Gasteiger partial charge in [0.1, 0.15) is 17.6 Å². The van der Waals surface area contributed by atoms with E-state index < -0.39 is 12.1 Å². The van der Waals surface area contributed by atoms with E-state index in [1.165, 1.54) is 0 Å². The lowest BCUT2D eigenvalue weighted by atomic mass is 10.0. The summed E-state index contributed by atoms with van der Waals surface area (Å²) in [6.45, 7) is 4.24. The average molecular weight is 500 g/mol. The number of amides is 2. The third kappa shape index (κ3) is 5.09. The SMILES string of the molecule is CC(C)C(NC(=O)O)C(=O)N1CCCC1c1ncc(-c2ccc(-n3cc(-c4ccccc4)nn3)cc2)[nH]1. The zero-order chi connectivity index (χ0) is 25.9. The number of aromatic nitrogens is 5. The number of nitrogens with zero attached hydrogens (tertiary/aromatic N) is 5. The van der Waals surface area contributed by atoms with Crippen LogP contribution in [-0.2, 0) is 4.79 Å². The molecule has 0 spiro atoms. The van der Waals surface area contributed by atoms with Crippen molar-refractivity contribution in [1.82, 2.24) is 35.2 Å². The van der Waals surface area contributed by atoms with E-state index in [1.54, 1.807) is 15.8 Å². The molecule has 2 unspecified atom stereocenters. The smallest absolute Gasteiger partial charge is 0.405 e. The first kappa shape index (κ1) is 24.2. The molecule has 1 saturated heterocycles. The molecule has 2 aromatic heterocycles. The summed E-state index contributed by atoms with van der Waals surface area (Å²) in [5, 5.41) is 20.1. The van der Waals surface area contributed by atoms with Crippen molar-refractivity contribution in [1.29, 1.82) is 0 Å². The van der Waals surface area contributed by atoms with Gasteiger partial charge in [-0.1, -0.05) is 61.5 Å². The van der Waals surface area contributed by atoms with Crippen LogP contribution in [0.5, 0.6) is 0 Å². The second-order valence-corrected chi connectivity index (χ2v) is 9.50. The molecule has 0 saturated carbocycles. The summed E-state index contributed by atoms with van der Waals surface area (Å²) in [5.41, 5.74) is 4.49. The van der Waals surface area contributed by atoms with Crippen molar-refractivity contribution in [2.75, 3.05) is 6.54 Å². The molecular weight excluding hydrogens is 470 g/mol. The molecule has 3 N–H and O–H groups in total. The maximum Gasteiger partial charge on any atom is 0.405 e. The van der Waals surface area contributed by atoms with Gasteiger partial charge in [-0.25, -0.2) is 14.5 Å². The molecule has 37 heavy (non-hydrogen) atoms. The Morgan fingerprint density at radius 1 is 1.08 bits per heavy atom. The lowest BCUT2D eigenvalue weighted by molar-refractivity contribution is -0.135. The summed E-state index contributed by atoms with van der Waals surface area (Å²) in [5.74, 6) is 0.320. The van der Waals surface area contributed by atoms with Crippen molar-refractivity contribution in [3.63, 3.8) is 0 Å². The zero-order valence-corrected chi connectivity index (χ0v) is 20.7. The third-order valence-corrected chi connectivity index (χ3v) is 6.66. The van der Waals surface area contributed by atoms with Gasteiger partial charge >= 0.3 is 6.09 Å². The Kier molecular flexibility index (Phi) is 6.72. The summed E-state index contributed by atoms with van der Waals surface area (Å²) < 4.78 is 1.74. The minimum Gasteiger partial charge on any atom is -0.465 e. The van der Waals surface area contributed by atoms with E-state index in [4.69, 9.17) is 0 Å². The fourth-order valence-electron chi connectivity index (χ4n) is 4.72. The van der Waals surface area contributed by atoms with Crippen molar-refractivity contribution >= 4 is 12.0 Å². The van der Waals surface area contributed by atoms with Crippen LogP contribution in [0, 0.1) is 5.92 Å². The fourth-order valence-corrected chi connectivity index (χ4v) is 4.72. The number of hydrogen-bond acceptors (Lipinski definition) is 5. The molecule has 0 bridgehead atoms. The van der Waals surface area contributed by atoms with E-state index >= 15 is 0 Å². The molecular formula is C27H29N7O3. The van der Waals surface area contributed by atoms with Crippen LogP contribution >= 0.6 is 0 Å². The molecule has 0 aliphatic carbocycles. The van der Waals surface area contributed by atoms with E-state index in [9.17, 15) is 14.7 Å². The first-order chi connectivity index (χ1) is 17.9. The Hall–Kier alpha value is -4.47. The predicted molar refractivity (Wildman–Crippen MR) is 138 cm³/mol. The fraction of sp³-hybridized carbons (Fsp3) is 0.296. The molecule has 2 amide bonds. The highest BCUT2D eigenvalue weighted by Gasteiger charge is 2.37. The molecule has 10 heteroatoms. The maximum absolute atomic E-state index is 13.2. The van der Waals surface area contributed by atoms with Gasteiger partial charge in [0.05, 0.1) is 29.8 Å². The number of carbonyl (C=O) groups excluding carboxylic acids is 1. The van der Waals surface area contributed by atoms with Gasteiger partial charge in [-0.05, 0) is 36.5 Å². The molecule has 2 aromatic carbocycles. The molecule has 1 fully saturated rings. The lowest BCUT2D eigenvalue weighted by Gasteiger charge is -2.29. The Morgan fingerprint density at radius 3 is 2.54 bits per heavy atom. The molecule has 3 heterocycles. The van der Waals surface area contributed by atoms with Crippen molar-refractivity contribution in [2.24, 2.45) is 5.92 Å². The average Bonchev–Trinajstić information content (AvgIpc) is 3.67. The second-order valence-electron chi connectivity index (χ2n) is 9.50. The summed E-state index contributed by atoms with van der Waals surface area (Å²) >= 11 is 0. The summed E-state index contributed by atoms with van der Waals surface area (Å²) in [6.07, 6.45) is 4.07. The summed E-state index contributed by atoms with van der Waals surface area (Å²) in [6, 6.07) is 16.8. The number of benzene rings is 2. The van der Waals surface area contributed by atoms with Gasteiger partial charge in [0.15, 0.2) is 0 Å². The van der Waals surface area contributed by atoms with Crippen molar-refractivity contribution in [2.45, 2.75) is 38.8 Å². The lowest BCUT2D eigenvalue weighted by Crippen LogP contribution is -2.50. The van der Waals surface area contributed by atoms with Crippen LogP contribution in [-0.4, -0.2) is 59.6 Å². The highest BCUT2D eigenvalue weighted by molar-refractivity contribution is 5.86. The Balaban J connectivity index is 1.31. The predicted octanol–water partition coefficient (Wildman–Crippen LogP) is 4.28. The van der Waals surface area contributed by atoms with E-state index in [-0.39, 0.29) is 17.9 Å². The summed E-state index contributed by atoms with van der Waals surface area (Å²) in [7, 11) is 0. The Labute approximate surface area is 214 Å². The molecule has 2 atom stereocenters. The van der Waals surface area contributed by atoms with Gasteiger partial charge in [-0.15, -0.1) is 5.10 Å². The first-order valence-electron chi connectivity index (χ1n) is 12.3. The molecule has 5 rings (SSSR count). The number of likely N-dealkylation sites (tertiary alicyclic amines) is 1. The van der Waals surface area contributed by atoms with Gasteiger partial charge in [0.25, 0.3) is 0 Å². The Morgan fingerprint density at radius 2 is 1.84 bits per heavy atom. The van der Waals surface area contributed by atoms with Crippen LogP contribution < -0.4 is 5.32 Å². The van der Waals surface area contributed by atoms with Crippen LogP contribution in [0.25, 0.3) is 28.2 Å². The molecule has 1 aliphatic heterocycles.